The Morgan fingerprint density at radius 3 is 1.78 bits per heavy atom. The summed E-state index contributed by atoms with van der Waals surface area (Å²) in [6, 6.07) is 15.9. The van der Waals surface area contributed by atoms with Crippen molar-refractivity contribution >= 4 is 23.7 Å². The molecule has 4 atom stereocenters. The van der Waals surface area contributed by atoms with Crippen molar-refractivity contribution in [3.8, 4) is 0 Å². The van der Waals surface area contributed by atoms with Gasteiger partial charge in [-0.3, -0.25) is 14.4 Å². The zero-order chi connectivity index (χ0) is 30.0. The number of rotatable bonds is 15. The van der Waals surface area contributed by atoms with Gasteiger partial charge in [0.15, 0.2) is 5.78 Å². The molecule has 2 aromatic carbocycles. The highest BCUT2D eigenvalue weighted by Crippen LogP contribution is 2.29. The normalized spacial score (nSPS) is 18.2. The number of epoxide rings is 1. The molecule has 0 unspecified atom stereocenters. The molecule has 1 aliphatic heterocycles. The van der Waals surface area contributed by atoms with Gasteiger partial charge in [-0.25, -0.2) is 4.79 Å². The molecule has 1 saturated heterocycles. The van der Waals surface area contributed by atoms with Crippen LogP contribution in [0.2, 0.25) is 0 Å². The molecule has 9 nitrogen and oxygen atoms in total. The Morgan fingerprint density at radius 1 is 0.756 bits per heavy atom. The van der Waals surface area contributed by atoms with Crippen molar-refractivity contribution in [3.05, 3.63) is 71.8 Å². The third-order valence-corrected chi connectivity index (χ3v) is 6.88. The molecule has 0 aliphatic carbocycles. The van der Waals surface area contributed by atoms with Gasteiger partial charge >= 0.3 is 6.09 Å². The average Bonchev–Trinajstić information content (AvgIpc) is 3.69. The lowest BCUT2D eigenvalue weighted by atomic mass is 9.93. The standard InChI is InChI=1S/C32H43N3O6/c1-21(2)16-25(28(36)32(5)20-41-32)33-30(38)27(18-23-12-8-6-9-13-23)34-29(37)26(17-22(3)4)35-31(39)40-19-24-14-10-7-11-15-24/h6-15,21-22,25-27H,16-20H2,1-5H3,(H,33,38)(H,34,37)(H,35,39)/t25-,26-,27-,32+/m0/s1. The number of carbonyl (C=O) groups excluding carboxylic acids is 4. The maximum atomic E-state index is 13.6. The minimum absolute atomic E-state index is 0.0651. The highest BCUT2D eigenvalue weighted by atomic mass is 16.6. The lowest BCUT2D eigenvalue weighted by Gasteiger charge is -2.27. The van der Waals surface area contributed by atoms with E-state index in [1.165, 1.54) is 0 Å². The van der Waals surface area contributed by atoms with E-state index in [9.17, 15) is 19.2 Å². The van der Waals surface area contributed by atoms with Crippen molar-refractivity contribution in [2.24, 2.45) is 11.8 Å². The lowest BCUT2D eigenvalue weighted by molar-refractivity contribution is -0.133. The molecule has 0 saturated carbocycles. The van der Waals surface area contributed by atoms with E-state index in [4.69, 9.17) is 9.47 Å². The summed E-state index contributed by atoms with van der Waals surface area (Å²) in [4.78, 5) is 52.9. The van der Waals surface area contributed by atoms with Crippen molar-refractivity contribution in [1.29, 1.82) is 0 Å². The van der Waals surface area contributed by atoms with E-state index in [0.717, 1.165) is 11.1 Å². The van der Waals surface area contributed by atoms with Crippen LogP contribution in [0.5, 0.6) is 0 Å². The zero-order valence-corrected chi connectivity index (χ0v) is 24.6. The van der Waals surface area contributed by atoms with E-state index in [-0.39, 0.29) is 30.6 Å². The summed E-state index contributed by atoms with van der Waals surface area (Å²) in [6.07, 6.45) is 0.275. The Balaban J connectivity index is 1.74. The number of benzene rings is 2. The predicted octanol–water partition coefficient (Wildman–Crippen LogP) is 3.94. The van der Waals surface area contributed by atoms with Crippen LogP contribution in [0.25, 0.3) is 0 Å². The van der Waals surface area contributed by atoms with Crippen LogP contribution < -0.4 is 16.0 Å². The van der Waals surface area contributed by atoms with Crippen LogP contribution in [0, 0.1) is 11.8 Å². The van der Waals surface area contributed by atoms with E-state index >= 15 is 0 Å². The molecule has 2 aromatic rings. The fourth-order valence-corrected chi connectivity index (χ4v) is 4.54. The van der Waals surface area contributed by atoms with Crippen LogP contribution in [-0.4, -0.2) is 54.0 Å². The number of hydrogen-bond acceptors (Lipinski definition) is 6. The Morgan fingerprint density at radius 2 is 1.24 bits per heavy atom. The molecule has 3 amide bonds. The maximum Gasteiger partial charge on any atom is 0.408 e. The molecule has 1 heterocycles. The maximum absolute atomic E-state index is 13.6. The van der Waals surface area contributed by atoms with Gasteiger partial charge in [0, 0.05) is 6.42 Å². The molecule has 3 rings (SSSR count). The molecule has 9 heteroatoms. The number of hydrogen-bond donors (Lipinski definition) is 3. The predicted molar refractivity (Wildman–Crippen MR) is 156 cm³/mol. The summed E-state index contributed by atoms with van der Waals surface area (Å²) in [5.41, 5.74) is 0.771. The van der Waals surface area contributed by atoms with Gasteiger partial charge in [0.1, 0.15) is 24.3 Å². The molecule has 0 aromatic heterocycles. The van der Waals surface area contributed by atoms with Crippen LogP contribution >= 0.6 is 0 Å². The second-order valence-corrected chi connectivity index (χ2v) is 11.7. The second kappa shape index (κ2) is 14.8. The minimum atomic E-state index is -0.975. The summed E-state index contributed by atoms with van der Waals surface area (Å²) in [5.74, 6) is -0.926. The number of carbonyl (C=O) groups is 4. The van der Waals surface area contributed by atoms with Crippen molar-refractivity contribution in [3.63, 3.8) is 0 Å². The SMILES string of the molecule is CC(C)C[C@H](NC(=O)OCc1ccccc1)C(=O)N[C@@H](Cc1ccccc1)C(=O)N[C@@H](CC(C)C)C(=O)[C@@]1(C)CO1. The van der Waals surface area contributed by atoms with E-state index in [2.05, 4.69) is 16.0 Å². The summed E-state index contributed by atoms with van der Waals surface area (Å²) in [6.45, 7) is 9.94. The first-order valence-electron chi connectivity index (χ1n) is 14.3. The van der Waals surface area contributed by atoms with Crippen molar-refractivity contribution in [2.45, 2.75) is 84.2 Å². The number of Topliss-reactive ketones (excluding diaryl/α,β-unsaturated/α-hetero) is 1. The van der Waals surface area contributed by atoms with Gasteiger partial charge in [-0.15, -0.1) is 0 Å². The van der Waals surface area contributed by atoms with Gasteiger partial charge in [-0.05, 0) is 42.7 Å². The summed E-state index contributed by atoms with van der Waals surface area (Å²) >= 11 is 0. The number of amides is 3. The van der Waals surface area contributed by atoms with Crippen LogP contribution in [0.1, 0.15) is 58.6 Å². The first kappa shape index (κ1) is 31.8. The van der Waals surface area contributed by atoms with Crippen LogP contribution in [0.15, 0.2) is 60.7 Å². The Labute approximate surface area is 242 Å². The number of alkyl carbamates (subject to hydrolysis) is 1. The van der Waals surface area contributed by atoms with E-state index < -0.39 is 41.6 Å². The fourth-order valence-electron chi connectivity index (χ4n) is 4.54. The van der Waals surface area contributed by atoms with Crippen molar-refractivity contribution < 1.29 is 28.7 Å². The molecule has 1 aliphatic rings. The Hall–Kier alpha value is -3.72. The summed E-state index contributed by atoms with van der Waals surface area (Å²) in [5, 5.41) is 8.39. The summed E-state index contributed by atoms with van der Waals surface area (Å²) < 4.78 is 10.7. The average molecular weight is 566 g/mol. The third-order valence-electron chi connectivity index (χ3n) is 6.88. The molecule has 3 N–H and O–H groups in total. The van der Waals surface area contributed by atoms with Crippen molar-refractivity contribution in [1.82, 2.24) is 16.0 Å². The first-order valence-corrected chi connectivity index (χ1v) is 14.3. The lowest BCUT2D eigenvalue weighted by Crippen LogP contribution is -2.57. The monoisotopic (exact) mass is 565 g/mol. The number of nitrogens with one attached hydrogen (secondary N) is 3. The van der Waals surface area contributed by atoms with Gasteiger partial charge in [-0.1, -0.05) is 88.4 Å². The first-order chi connectivity index (χ1) is 19.5. The van der Waals surface area contributed by atoms with Crippen molar-refractivity contribution in [2.75, 3.05) is 6.61 Å². The van der Waals surface area contributed by atoms with Gasteiger partial charge in [-0.2, -0.15) is 0 Å². The molecular weight excluding hydrogens is 522 g/mol. The molecule has 1 fully saturated rings. The highest BCUT2D eigenvalue weighted by molar-refractivity contribution is 5.98. The van der Waals surface area contributed by atoms with E-state index in [0.29, 0.717) is 19.4 Å². The number of ketones is 1. The molecule has 0 spiro atoms. The molecule has 0 radical (unpaired) electrons. The minimum Gasteiger partial charge on any atom is -0.445 e. The summed E-state index contributed by atoms with van der Waals surface area (Å²) in [7, 11) is 0. The smallest absolute Gasteiger partial charge is 0.408 e. The van der Waals surface area contributed by atoms with E-state index in [1.54, 1.807) is 6.92 Å². The zero-order valence-electron chi connectivity index (χ0n) is 24.6. The van der Waals surface area contributed by atoms with Gasteiger partial charge in [0.05, 0.1) is 12.6 Å². The van der Waals surface area contributed by atoms with Gasteiger partial charge in [0.25, 0.3) is 0 Å². The largest absolute Gasteiger partial charge is 0.445 e. The Bertz CT molecular complexity index is 1160. The van der Waals surface area contributed by atoms with Crippen LogP contribution in [0.3, 0.4) is 0 Å². The quantitative estimate of drug-likeness (QED) is 0.281. The molecule has 41 heavy (non-hydrogen) atoms. The molecule has 0 bridgehead atoms. The van der Waals surface area contributed by atoms with E-state index in [1.807, 2.05) is 88.4 Å². The van der Waals surface area contributed by atoms with Crippen LogP contribution in [-0.2, 0) is 36.9 Å². The second-order valence-electron chi connectivity index (χ2n) is 11.7. The molecule has 222 valence electrons. The van der Waals surface area contributed by atoms with Gasteiger partial charge < -0.3 is 25.4 Å². The van der Waals surface area contributed by atoms with Gasteiger partial charge in [0.2, 0.25) is 11.8 Å². The Kier molecular flexibility index (Phi) is 11.5. The topological polar surface area (TPSA) is 126 Å². The molecular formula is C32H43N3O6. The number of ether oxygens (including phenoxy) is 2. The van der Waals surface area contributed by atoms with Crippen LogP contribution in [0.4, 0.5) is 4.79 Å². The highest BCUT2D eigenvalue weighted by Gasteiger charge is 2.50. The third kappa shape index (κ3) is 10.3. The fraction of sp³-hybridized carbons (Fsp3) is 0.500.